The maximum Gasteiger partial charge on any atom is 0.276 e. The lowest BCUT2D eigenvalue weighted by Gasteiger charge is -2.27. The third kappa shape index (κ3) is 29.5. The number of hydrogen-bond donors (Lipinski definition) is 9. The molecule has 704 valence electrons. The minimum absolute atomic E-state index is 0.122. The highest BCUT2D eigenvalue weighted by Gasteiger charge is 2.24. The van der Waals surface area contributed by atoms with Crippen molar-refractivity contribution in [3.63, 3.8) is 0 Å². The third-order valence-electron chi connectivity index (χ3n) is 23.4. The van der Waals surface area contributed by atoms with Gasteiger partial charge in [0.05, 0.1) is 79.3 Å². The van der Waals surface area contributed by atoms with Crippen LogP contribution in [0.3, 0.4) is 0 Å². The largest absolute Gasteiger partial charge is 0.497 e. The first-order valence-electron chi connectivity index (χ1n) is 47.1. The molecule has 0 unspecified atom stereocenters. The van der Waals surface area contributed by atoms with Crippen LogP contribution in [-0.2, 0) is 65.8 Å². The number of nitrogens with one attached hydrogen (secondary N) is 7. The lowest BCUT2D eigenvalue weighted by atomic mass is 9.89. The molecule has 3 fully saturated rings. The molecule has 7 aromatic carbocycles. The van der Waals surface area contributed by atoms with Crippen LogP contribution in [0, 0.1) is 5.92 Å². The summed E-state index contributed by atoms with van der Waals surface area (Å²) in [7, 11) is 5.35. The summed E-state index contributed by atoms with van der Waals surface area (Å²) in [6, 6.07) is 50.6. The first-order valence-corrected chi connectivity index (χ1v) is 47.1. The molecule has 3 aliphatic rings. The summed E-state index contributed by atoms with van der Waals surface area (Å²) in [5.41, 5.74) is 23.0. The van der Waals surface area contributed by atoms with Crippen LogP contribution in [-0.4, -0.2) is 191 Å². The van der Waals surface area contributed by atoms with E-state index in [4.69, 9.17) is 45.1 Å². The molecule has 0 bridgehead atoms. The fraction of sp³-hybridized carbons (Fsp3) is 0.440. The van der Waals surface area contributed by atoms with Gasteiger partial charge in [0.1, 0.15) is 5.75 Å². The molecule has 2 aliphatic carbocycles. The quantitative estimate of drug-likeness (QED) is 0.0126. The average Bonchev–Trinajstić information content (AvgIpc) is 1.64. The molecule has 33 nitrogen and oxygen atoms in total. The second kappa shape index (κ2) is 51.8. The number of nitrogens with two attached hydrogens (primary N) is 2. The molecule has 0 radical (unpaired) electrons. The zero-order valence-electron chi connectivity index (χ0n) is 77.5. The monoisotopic (exact) mass is 1810 g/mol. The molecule has 0 spiro atoms. The Balaban J connectivity index is 0.000000154. The highest BCUT2D eigenvalue weighted by molar-refractivity contribution is 6.12. The number of benzene rings is 7. The lowest BCUT2D eigenvalue weighted by Crippen LogP contribution is -2.31. The van der Waals surface area contributed by atoms with E-state index in [-0.39, 0.29) is 23.4 Å². The van der Waals surface area contributed by atoms with Crippen LogP contribution in [0.2, 0.25) is 0 Å². The number of aromatic nitrogens is 14. The highest BCUT2D eigenvalue weighted by Crippen LogP contribution is 2.30. The van der Waals surface area contributed by atoms with Gasteiger partial charge in [0.2, 0.25) is 35.7 Å². The smallest absolute Gasteiger partial charge is 0.276 e. The van der Waals surface area contributed by atoms with Gasteiger partial charge in [0, 0.05) is 145 Å². The fourth-order valence-corrected chi connectivity index (χ4v) is 15.8. The first kappa shape index (κ1) is 97.6. The molecule has 2 amide bonds. The van der Waals surface area contributed by atoms with Crippen molar-refractivity contribution < 1.29 is 42.9 Å². The predicted molar refractivity (Wildman–Crippen MR) is 525 cm³/mol. The number of imidazole rings is 2. The third-order valence-corrected chi connectivity index (χ3v) is 23.4. The molecular formula is C100H130N24O9. The first-order chi connectivity index (χ1) is 65.2. The van der Waals surface area contributed by atoms with Gasteiger partial charge >= 0.3 is 0 Å². The number of fused-ring (bicyclic) bond motifs is 4. The number of aryl methyl sites for hydroxylation is 4. The number of ether oxygens (including phenoxy) is 5. The van der Waals surface area contributed by atoms with Crippen LogP contribution >= 0.6 is 0 Å². The minimum atomic E-state index is -0.233. The SMILES string of the molecule is CCCOCCOCCCC(=O)c1ccc(CNc2nc(NCC3CCCCC3)nc(NC3CCC3)n2)cc1.CCCOCCOCCCC(=O)c1ccc(CNc2nc(NCc3ccc(OC)cc3)nc(N3CCCCC3)n2)cc1.Cn1nc(C(=O)Nc2ccc3c(c2)ncn3CCCN)c2ccccc21.Cn1nc(NC(=O)c2ccc3c(c2)ncn3CCCN)c2ccccc21. The Morgan fingerprint density at radius 3 is 1.47 bits per heavy atom. The van der Waals surface area contributed by atoms with E-state index in [1.165, 1.54) is 44.9 Å². The van der Waals surface area contributed by atoms with Gasteiger partial charge in [-0.25, -0.2) is 9.97 Å². The van der Waals surface area contributed by atoms with E-state index in [0.717, 1.165) is 169 Å². The second-order valence-corrected chi connectivity index (χ2v) is 33.6. The van der Waals surface area contributed by atoms with Crippen molar-refractivity contribution in [2.24, 2.45) is 31.5 Å². The molecule has 6 aromatic heterocycles. The summed E-state index contributed by atoms with van der Waals surface area (Å²) in [5, 5.41) is 33.3. The maximum atomic E-state index is 12.7. The van der Waals surface area contributed by atoms with Gasteiger partial charge in [0.25, 0.3) is 11.8 Å². The van der Waals surface area contributed by atoms with Crippen LogP contribution in [0.5, 0.6) is 5.75 Å². The number of nitrogens with zero attached hydrogens (tertiary/aromatic N) is 15. The normalized spacial score (nSPS) is 13.3. The number of carbonyl (C=O) groups is 4. The summed E-state index contributed by atoms with van der Waals surface area (Å²) >= 11 is 0. The number of methoxy groups -OCH3 is 1. The number of hydrogen-bond acceptors (Lipinski definition) is 27. The Morgan fingerprint density at radius 1 is 0.444 bits per heavy atom. The van der Waals surface area contributed by atoms with Crippen LogP contribution < -0.4 is 58.3 Å². The van der Waals surface area contributed by atoms with E-state index in [1.807, 2.05) is 166 Å². The number of amides is 2. The lowest BCUT2D eigenvalue weighted by molar-refractivity contribution is 0.0463. The topological polar surface area (TPSA) is 403 Å². The fourth-order valence-electron chi connectivity index (χ4n) is 15.8. The number of rotatable bonds is 46. The Morgan fingerprint density at radius 2 is 0.925 bits per heavy atom. The van der Waals surface area contributed by atoms with Gasteiger partial charge in [-0.05, 0) is 192 Å². The van der Waals surface area contributed by atoms with Gasteiger partial charge in [-0.2, -0.15) is 40.1 Å². The van der Waals surface area contributed by atoms with Gasteiger partial charge in [0.15, 0.2) is 23.1 Å². The molecule has 1 saturated heterocycles. The predicted octanol–water partition coefficient (Wildman–Crippen LogP) is 16.4. The molecule has 7 heterocycles. The van der Waals surface area contributed by atoms with Crippen LogP contribution in [0.1, 0.15) is 194 Å². The van der Waals surface area contributed by atoms with Crippen molar-refractivity contribution in [1.82, 2.24) is 68.6 Å². The zero-order valence-corrected chi connectivity index (χ0v) is 77.5. The summed E-state index contributed by atoms with van der Waals surface area (Å²) in [4.78, 5) is 89.5. The molecule has 16 rings (SSSR count). The van der Waals surface area contributed by atoms with Gasteiger partial charge in [-0.15, -0.1) is 0 Å². The number of para-hydroxylation sites is 2. The van der Waals surface area contributed by atoms with Crippen molar-refractivity contribution in [2.75, 3.05) is 135 Å². The van der Waals surface area contributed by atoms with E-state index >= 15 is 0 Å². The van der Waals surface area contributed by atoms with E-state index in [0.29, 0.717) is 174 Å². The van der Waals surface area contributed by atoms with Gasteiger partial charge in [-0.1, -0.05) is 124 Å². The Bertz CT molecular complexity index is 5810. The summed E-state index contributed by atoms with van der Waals surface area (Å²) in [6.07, 6.45) is 23.4. The number of carbonyl (C=O) groups excluding carboxylic acids is 4. The molecule has 1 aliphatic heterocycles. The molecule has 11 N–H and O–H groups in total. The highest BCUT2D eigenvalue weighted by atomic mass is 16.5. The number of piperidine rings is 1. The maximum absolute atomic E-state index is 12.7. The van der Waals surface area contributed by atoms with Gasteiger partial charge < -0.3 is 86.4 Å². The summed E-state index contributed by atoms with van der Waals surface area (Å²) < 4.78 is 34.7. The van der Waals surface area contributed by atoms with Crippen molar-refractivity contribution >= 4 is 114 Å². The van der Waals surface area contributed by atoms with E-state index < -0.39 is 0 Å². The van der Waals surface area contributed by atoms with Crippen LogP contribution in [0.4, 0.5) is 47.2 Å². The number of ketones is 2. The van der Waals surface area contributed by atoms with Crippen molar-refractivity contribution in [2.45, 2.75) is 175 Å². The molecular weight excluding hydrogens is 1680 g/mol. The minimum Gasteiger partial charge on any atom is -0.497 e. The van der Waals surface area contributed by atoms with Crippen molar-refractivity contribution in [3.8, 4) is 5.75 Å². The van der Waals surface area contributed by atoms with Crippen LogP contribution in [0.15, 0.2) is 170 Å². The van der Waals surface area contributed by atoms with Crippen molar-refractivity contribution in [3.05, 3.63) is 209 Å². The van der Waals surface area contributed by atoms with E-state index in [1.54, 1.807) is 35.2 Å². The standard InChI is InChI=1S/C32H44N6O4.C30H46N6O3.2C19H20N6O/c1-3-19-41-21-22-42-20-7-8-29(39)27-13-9-25(10-14-27)23-33-30-35-31(34-24-26-11-15-28(40-2)16-12-26)37-32(36-30)38-17-5-4-6-18-38;1-2-17-38-19-20-39-18-7-12-27(37)25-15-13-24(14-16-25)22-32-29-34-28(31-21-23-8-4-3-5-9-23)35-30(36-29)33-26-10-6-11-26;1-24-16-6-3-2-5-14(16)18(23-24)19(26)22-13-7-8-17-15(11-13)21-12-25(17)10-4-9-20;1-24-16-6-3-2-5-14(16)18(23-24)22-19(26)13-7-8-17-15(11-13)21-12-25(17)10-4-9-20/h9-16H,3-8,17-24H2,1-2H3,(H2,33,34,35,36,37);13-16,23,26H,2-12,17-22H2,1H3,(H3,31,32,33,34,35,36);2-3,5-8,11-12H,4,9-10,20H2,1H3,(H,22,26);2-3,5-8,11-12H,4,9-10,20H2,1H3,(H,22,23,26). The zero-order chi connectivity index (χ0) is 92.7. The van der Waals surface area contributed by atoms with Crippen molar-refractivity contribution in [1.29, 1.82) is 0 Å². The molecule has 2 saturated carbocycles. The Hall–Kier alpha value is -12.9. The van der Waals surface area contributed by atoms with E-state index in [2.05, 4.69) is 105 Å². The Kier molecular flexibility index (Phi) is 38.0. The number of anilines is 8. The summed E-state index contributed by atoms with van der Waals surface area (Å²) in [6.45, 7) is 16.6. The number of Topliss-reactive ketones (excluding diaryl/α,β-unsaturated/α-hetero) is 2. The molecule has 0 atom stereocenters. The molecule has 33 heteroatoms. The summed E-state index contributed by atoms with van der Waals surface area (Å²) in [5.74, 6) is 5.43. The average molecular weight is 1810 g/mol. The molecule has 13 aromatic rings. The Labute approximate surface area is 777 Å². The molecule has 133 heavy (non-hydrogen) atoms. The van der Waals surface area contributed by atoms with Gasteiger partial charge in [-0.3, -0.25) is 28.5 Å². The van der Waals surface area contributed by atoms with E-state index in [9.17, 15) is 19.2 Å². The van der Waals surface area contributed by atoms with Crippen LogP contribution in [0.25, 0.3) is 43.9 Å². The second-order valence-electron chi connectivity index (χ2n) is 33.6.